The van der Waals surface area contributed by atoms with Crippen molar-refractivity contribution in [3.63, 3.8) is 0 Å². The second kappa shape index (κ2) is 7.03. The van der Waals surface area contributed by atoms with Gasteiger partial charge in [0, 0.05) is 5.56 Å². The fourth-order valence-electron chi connectivity index (χ4n) is 2.24. The molecule has 0 unspecified atom stereocenters. The quantitative estimate of drug-likeness (QED) is 0.460. The van der Waals surface area contributed by atoms with Crippen LogP contribution < -0.4 is 4.74 Å². The van der Waals surface area contributed by atoms with Gasteiger partial charge in [-0.2, -0.15) is 0 Å². The fourth-order valence-corrected chi connectivity index (χ4v) is 2.48. The summed E-state index contributed by atoms with van der Waals surface area (Å²) in [6.07, 6.45) is 1.49. The summed E-state index contributed by atoms with van der Waals surface area (Å²) < 4.78 is 37.1. The van der Waals surface area contributed by atoms with Crippen LogP contribution in [0.4, 0.5) is 8.78 Å². The summed E-state index contributed by atoms with van der Waals surface area (Å²) in [5, 5.41) is -0.110. The monoisotopic (exact) mass is 363 g/mol. The molecule has 0 fully saturated rings. The first kappa shape index (κ1) is 17.1. The van der Waals surface area contributed by atoms with Crippen LogP contribution in [0.2, 0.25) is 5.02 Å². The number of carbonyl (C=O) groups is 1. The lowest BCUT2D eigenvalue weighted by Gasteiger charge is -2.06. The summed E-state index contributed by atoms with van der Waals surface area (Å²) in [4.78, 5) is 16.1. The Morgan fingerprint density at radius 1 is 1.24 bits per heavy atom. The Labute approximate surface area is 147 Å². The maximum absolute atomic E-state index is 13.4. The van der Waals surface area contributed by atoms with Gasteiger partial charge in [-0.25, -0.2) is 18.6 Å². The van der Waals surface area contributed by atoms with Crippen molar-refractivity contribution >= 4 is 29.5 Å². The molecule has 1 aliphatic heterocycles. The number of hydrogen-bond acceptors (Lipinski definition) is 4. The number of hydrogen-bond donors (Lipinski definition) is 0. The topological polar surface area (TPSA) is 47.9 Å². The van der Waals surface area contributed by atoms with E-state index < -0.39 is 17.6 Å². The van der Waals surface area contributed by atoms with E-state index in [2.05, 4.69) is 4.99 Å². The Morgan fingerprint density at radius 2 is 1.96 bits per heavy atom. The first-order chi connectivity index (χ1) is 12.0. The molecule has 0 saturated carbocycles. The second-order valence-electron chi connectivity index (χ2n) is 5.05. The van der Waals surface area contributed by atoms with Crippen LogP contribution in [0.25, 0.3) is 6.08 Å². The molecular formula is C18H12ClF2NO3. The predicted molar refractivity (Wildman–Crippen MR) is 89.6 cm³/mol. The first-order valence-corrected chi connectivity index (χ1v) is 7.76. The van der Waals surface area contributed by atoms with Gasteiger partial charge in [0.05, 0.1) is 17.2 Å². The van der Waals surface area contributed by atoms with Crippen LogP contribution in [0.1, 0.15) is 18.1 Å². The average molecular weight is 364 g/mol. The molecular weight excluding hydrogens is 352 g/mol. The number of esters is 1. The molecule has 0 bridgehead atoms. The number of cyclic esters (lactones) is 1. The Morgan fingerprint density at radius 3 is 2.72 bits per heavy atom. The van der Waals surface area contributed by atoms with E-state index in [0.29, 0.717) is 17.9 Å². The molecule has 3 rings (SSSR count). The second-order valence-corrected chi connectivity index (χ2v) is 5.46. The largest absolute Gasteiger partial charge is 0.493 e. The van der Waals surface area contributed by atoms with E-state index in [9.17, 15) is 13.6 Å². The first-order valence-electron chi connectivity index (χ1n) is 7.39. The number of benzene rings is 2. The molecule has 2 aromatic carbocycles. The van der Waals surface area contributed by atoms with Crippen molar-refractivity contribution in [3.05, 3.63) is 69.9 Å². The maximum Gasteiger partial charge on any atom is 0.363 e. The number of nitrogens with zero attached hydrogens (tertiary/aromatic N) is 1. The molecule has 4 nitrogen and oxygen atoms in total. The van der Waals surface area contributed by atoms with Gasteiger partial charge in [0.25, 0.3) is 0 Å². The number of para-hydroxylation sites is 1. The van der Waals surface area contributed by atoms with Crippen molar-refractivity contribution < 1.29 is 23.0 Å². The molecule has 128 valence electrons. The van der Waals surface area contributed by atoms with E-state index in [1.54, 1.807) is 24.3 Å². The van der Waals surface area contributed by atoms with Crippen LogP contribution >= 0.6 is 11.6 Å². The lowest BCUT2D eigenvalue weighted by atomic mass is 10.1. The van der Waals surface area contributed by atoms with E-state index >= 15 is 0 Å². The van der Waals surface area contributed by atoms with Crippen molar-refractivity contribution in [1.29, 1.82) is 0 Å². The SMILES string of the molecule is CCOc1ccccc1C=C1N=C(c2cc(F)c(F)cc2Cl)OC1=O. The van der Waals surface area contributed by atoms with Crippen molar-refractivity contribution in [2.24, 2.45) is 4.99 Å². The third-order valence-corrected chi connectivity index (χ3v) is 3.68. The molecule has 0 aliphatic carbocycles. The van der Waals surface area contributed by atoms with Crippen LogP contribution in [0.3, 0.4) is 0 Å². The molecule has 0 atom stereocenters. The molecule has 2 aromatic rings. The molecule has 0 amide bonds. The molecule has 0 spiro atoms. The van der Waals surface area contributed by atoms with Gasteiger partial charge in [0.2, 0.25) is 5.90 Å². The number of rotatable bonds is 4. The minimum absolute atomic E-state index is 0.00273. The third kappa shape index (κ3) is 3.53. The number of aliphatic imine (C=N–C) groups is 1. The molecule has 0 saturated heterocycles. The predicted octanol–water partition coefficient (Wildman–Crippen LogP) is 4.36. The van der Waals surface area contributed by atoms with E-state index in [0.717, 1.165) is 12.1 Å². The van der Waals surface area contributed by atoms with Gasteiger partial charge in [-0.1, -0.05) is 29.8 Å². The van der Waals surface area contributed by atoms with Crippen molar-refractivity contribution in [3.8, 4) is 5.75 Å². The van der Waals surface area contributed by atoms with Gasteiger partial charge in [0.15, 0.2) is 17.3 Å². The van der Waals surface area contributed by atoms with Gasteiger partial charge in [-0.05, 0) is 31.2 Å². The number of halogens is 3. The zero-order valence-electron chi connectivity index (χ0n) is 13.1. The number of carbonyl (C=O) groups excluding carboxylic acids is 1. The third-order valence-electron chi connectivity index (χ3n) is 3.37. The van der Waals surface area contributed by atoms with Crippen molar-refractivity contribution in [1.82, 2.24) is 0 Å². The van der Waals surface area contributed by atoms with Crippen molar-refractivity contribution in [2.75, 3.05) is 6.61 Å². The van der Waals surface area contributed by atoms with E-state index in [-0.39, 0.29) is 22.2 Å². The highest BCUT2D eigenvalue weighted by molar-refractivity contribution is 6.34. The zero-order valence-corrected chi connectivity index (χ0v) is 13.8. The zero-order chi connectivity index (χ0) is 18.0. The van der Waals surface area contributed by atoms with Crippen LogP contribution in [-0.2, 0) is 9.53 Å². The van der Waals surface area contributed by atoms with Crippen molar-refractivity contribution in [2.45, 2.75) is 6.92 Å². The Balaban J connectivity index is 2.00. The minimum atomic E-state index is -1.11. The molecule has 0 aromatic heterocycles. The smallest absolute Gasteiger partial charge is 0.363 e. The van der Waals surface area contributed by atoms with E-state index in [1.165, 1.54) is 6.08 Å². The maximum atomic E-state index is 13.4. The van der Waals surface area contributed by atoms with Crippen LogP contribution in [-0.4, -0.2) is 18.5 Å². The lowest BCUT2D eigenvalue weighted by Crippen LogP contribution is -2.07. The molecule has 0 radical (unpaired) electrons. The highest BCUT2D eigenvalue weighted by atomic mass is 35.5. The molecule has 25 heavy (non-hydrogen) atoms. The highest BCUT2D eigenvalue weighted by Crippen LogP contribution is 2.27. The normalized spacial score (nSPS) is 15.3. The Bertz CT molecular complexity index is 909. The van der Waals surface area contributed by atoms with Crippen LogP contribution in [0.15, 0.2) is 47.1 Å². The van der Waals surface area contributed by atoms with Gasteiger partial charge < -0.3 is 9.47 Å². The van der Waals surface area contributed by atoms with Gasteiger partial charge in [-0.3, -0.25) is 0 Å². The van der Waals surface area contributed by atoms with Gasteiger partial charge >= 0.3 is 5.97 Å². The minimum Gasteiger partial charge on any atom is -0.493 e. The lowest BCUT2D eigenvalue weighted by molar-refractivity contribution is -0.129. The molecule has 1 heterocycles. The average Bonchev–Trinajstić information content (AvgIpc) is 2.93. The summed E-state index contributed by atoms with van der Waals surface area (Å²) >= 11 is 5.89. The highest BCUT2D eigenvalue weighted by Gasteiger charge is 2.27. The molecule has 7 heteroatoms. The summed E-state index contributed by atoms with van der Waals surface area (Å²) in [5.74, 6) is -2.53. The van der Waals surface area contributed by atoms with Crippen LogP contribution in [0, 0.1) is 11.6 Å². The van der Waals surface area contributed by atoms with Gasteiger partial charge in [0.1, 0.15) is 5.75 Å². The molecule has 0 N–H and O–H groups in total. The Kier molecular flexibility index (Phi) is 4.81. The summed E-state index contributed by atoms with van der Waals surface area (Å²) in [6.45, 7) is 2.30. The Hall–Kier alpha value is -2.73. The van der Waals surface area contributed by atoms with Crippen LogP contribution in [0.5, 0.6) is 5.75 Å². The fraction of sp³-hybridized carbons (Fsp3) is 0.111. The number of ether oxygens (including phenoxy) is 2. The van der Waals surface area contributed by atoms with E-state index in [1.807, 2.05) is 6.92 Å². The molecule has 1 aliphatic rings. The van der Waals surface area contributed by atoms with Gasteiger partial charge in [-0.15, -0.1) is 0 Å². The van der Waals surface area contributed by atoms with E-state index in [4.69, 9.17) is 21.1 Å². The standard InChI is InChI=1S/C18H12ClF2NO3/c1-2-24-16-6-4-3-5-10(16)7-15-18(23)25-17(22-15)11-8-13(20)14(21)9-12(11)19/h3-9H,2H2,1H3. The summed E-state index contributed by atoms with van der Waals surface area (Å²) in [5.41, 5.74) is 0.635. The summed E-state index contributed by atoms with van der Waals surface area (Å²) in [7, 11) is 0. The summed E-state index contributed by atoms with van der Waals surface area (Å²) in [6, 6.07) is 8.73.